The highest BCUT2D eigenvalue weighted by molar-refractivity contribution is 9.10. The standard InChI is InChI=1S/C21H28BrN5O3/c1-3-26(4-2)20(28)10-9-19-23-18(24-30-19)15-25-11-13-27(14-12-25)21(29)16-5-7-17(22)8-6-16/h5-8H,3-4,9-15H2,1-2H3. The van der Waals surface area contributed by atoms with Gasteiger partial charge in [-0.3, -0.25) is 14.5 Å². The van der Waals surface area contributed by atoms with Gasteiger partial charge in [-0.1, -0.05) is 21.1 Å². The first-order valence-electron chi connectivity index (χ1n) is 10.4. The molecule has 3 rings (SSSR count). The van der Waals surface area contributed by atoms with Crippen LogP contribution in [-0.4, -0.2) is 75.9 Å². The summed E-state index contributed by atoms with van der Waals surface area (Å²) >= 11 is 3.39. The minimum absolute atomic E-state index is 0.0573. The normalized spacial score (nSPS) is 14.7. The molecule has 0 aliphatic carbocycles. The van der Waals surface area contributed by atoms with Crippen LogP contribution in [0.4, 0.5) is 0 Å². The van der Waals surface area contributed by atoms with Crippen LogP contribution in [0, 0.1) is 0 Å². The van der Waals surface area contributed by atoms with Crippen molar-refractivity contribution in [1.29, 1.82) is 0 Å². The number of hydrogen-bond donors (Lipinski definition) is 0. The molecule has 9 heteroatoms. The number of amides is 2. The van der Waals surface area contributed by atoms with Crippen molar-refractivity contribution in [3.05, 3.63) is 46.0 Å². The molecule has 162 valence electrons. The molecule has 0 N–H and O–H groups in total. The largest absolute Gasteiger partial charge is 0.343 e. The van der Waals surface area contributed by atoms with Crippen LogP contribution in [0.2, 0.25) is 0 Å². The molecule has 1 saturated heterocycles. The number of hydrogen-bond acceptors (Lipinski definition) is 6. The van der Waals surface area contributed by atoms with Crippen molar-refractivity contribution in [2.45, 2.75) is 33.2 Å². The van der Waals surface area contributed by atoms with E-state index >= 15 is 0 Å². The quantitative estimate of drug-likeness (QED) is 0.580. The average molecular weight is 478 g/mol. The van der Waals surface area contributed by atoms with Gasteiger partial charge in [0.1, 0.15) is 0 Å². The summed E-state index contributed by atoms with van der Waals surface area (Å²) in [7, 11) is 0. The van der Waals surface area contributed by atoms with E-state index in [1.54, 1.807) is 4.90 Å². The van der Waals surface area contributed by atoms with E-state index in [1.807, 2.05) is 43.0 Å². The first kappa shape index (κ1) is 22.4. The molecule has 2 amide bonds. The van der Waals surface area contributed by atoms with Gasteiger partial charge in [-0.05, 0) is 38.1 Å². The summed E-state index contributed by atoms with van der Waals surface area (Å²) in [4.78, 5) is 35.0. The maximum atomic E-state index is 12.6. The molecule has 1 aromatic heterocycles. The third-order valence-electron chi connectivity index (χ3n) is 5.29. The zero-order valence-electron chi connectivity index (χ0n) is 17.5. The molecular weight excluding hydrogens is 450 g/mol. The summed E-state index contributed by atoms with van der Waals surface area (Å²) in [5.41, 5.74) is 0.703. The molecular formula is C21H28BrN5O3. The molecule has 1 aromatic carbocycles. The van der Waals surface area contributed by atoms with E-state index in [4.69, 9.17) is 4.52 Å². The topological polar surface area (TPSA) is 82.8 Å². The van der Waals surface area contributed by atoms with Gasteiger partial charge in [-0.2, -0.15) is 4.98 Å². The lowest BCUT2D eigenvalue weighted by atomic mass is 10.2. The minimum atomic E-state index is 0.0573. The van der Waals surface area contributed by atoms with E-state index < -0.39 is 0 Å². The van der Waals surface area contributed by atoms with Gasteiger partial charge in [0.05, 0.1) is 6.54 Å². The first-order valence-corrected chi connectivity index (χ1v) is 11.2. The predicted molar refractivity (Wildman–Crippen MR) is 116 cm³/mol. The van der Waals surface area contributed by atoms with Crippen molar-refractivity contribution < 1.29 is 14.1 Å². The van der Waals surface area contributed by atoms with Crippen molar-refractivity contribution >= 4 is 27.7 Å². The second kappa shape index (κ2) is 10.7. The third kappa shape index (κ3) is 5.89. The van der Waals surface area contributed by atoms with E-state index in [9.17, 15) is 9.59 Å². The summed E-state index contributed by atoms with van der Waals surface area (Å²) in [6.45, 7) is 8.78. The highest BCUT2D eigenvalue weighted by atomic mass is 79.9. The zero-order chi connectivity index (χ0) is 21.5. The second-order valence-electron chi connectivity index (χ2n) is 7.25. The summed E-state index contributed by atoms with van der Waals surface area (Å²) < 4.78 is 6.26. The summed E-state index contributed by atoms with van der Waals surface area (Å²) in [5.74, 6) is 1.27. The molecule has 2 aromatic rings. The van der Waals surface area contributed by atoms with Crippen molar-refractivity contribution in [3.8, 4) is 0 Å². The highest BCUT2D eigenvalue weighted by Gasteiger charge is 2.23. The fourth-order valence-corrected chi connectivity index (χ4v) is 3.75. The molecule has 8 nitrogen and oxygen atoms in total. The summed E-state index contributed by atoms with van der Waals surface area (Å²) in [6, 6.07) is 7.44. The van der Waals surface area contributed by atoms with E-state index in [0.717, 1.165) is 17.6 Å². The van der Waals surface area contributed by atoms with Crippen LogP contribution < -0.4 is 0 Å². The highest BCUT2D eigenvalue weighted by Crippen LogP contribution is 2.14. The van der Waals surface area contributed by atoms with Crippen molar-refractivity contribution in [1.82, 2.24) is 24.8 Å². The van der Waals surface area contributed by atoms with E-state index in [1.165, 1.54) is 0 Å². The number of carbonyl (C=O) groups excluding carboxylic acids is 2. The van der Waals surface area contributed by atoms with Gasteiger partial charge in [0.2, 0.25) is 11.8 Å². The van der Waals surface area contributed by atoms with E-state index in [2.05, 4.69) is 31.0 Å². The molecule has 1 aliphatic rings. The van der Waals surface area contributed by atoms with Crippen LogP contribution in [0.3, 0.4) is 0 Å². The Hall–Kier alpha value is -2.26. The van der Waals surface area contributed by atoms with Gasteiger partial charge in [0.15, 0.2) is 5.82 Å². The Bertz CT molecular complexity index is 843. The Morgan fingerprint density at radius 3 is 2.40 bits per heavy atom. The lowest BCUT2D eigenvalue weighted by Crippen LogP contribution is -2.48. The maximum Gasteiger partial charge on any atom is 0.253 e. The molecule has 30 heavy (non-hydrogen) atoms. The molecule has 1 aliphatic heterocycles. The molecule has 0 radical (unpaired) electrons. The smallest absolute Gasteiger partial charge is 0.253 e. The molecule has 2 heterocycles. The Balaban J connectivity index is 1.44. The number of halogens is 1. The summed E-state index contributed by atoms with van der Waals surface area (Å²) in [6.07, 6.45) is 0.831. The van der Waals surface area contributed by atoms with Crippen molar-refractivity contribution in [3.63, 3.8) is 0 Å². The van der Waals surface area contributed by atoms with Crippen LogP contribution in [-0.2, 0) is 17.8 Å². The van der Waals surface area contributed by atoms with E-state index in [0.29, 0.717) is 62.8 Å². The Morgan fingerprint density at radius 2 is 1.77 bits per heavy atom. The van der Waals surface area contributed by atoms with Crippen LogP contribution >= 0.6 is 15.9 Å². The number of carbonyl (C=O) groups is 2. The van der Waals surface area contributed by atoms with Crippen molar-refractivity contribution in [2.24, 2.45) is 0 Å². The molecule has 1 fully saturated rings. The maximum absolute atomic E-state index is 12.6. The molecule has 0 atom stereocenters. The Labute approximate surface area is 185 Å². The predicted octanol–water partition coefficient (Wildman–Crippen LogP) is 2.59. The average Bonchev–Trinajstić information content (AvgIpc) is 3.21. The summed E-state index contributed by atoms with van der Waals surface area (Å²) in [5, 5.41) is 4.05. The lowest BCUT2D eigenvalue weighted by molar-refractivity contribution is -0.130. The first-order chi connectivity index (χ1) is 14.5. The molecule has 0 spiro atoms. The van der Waals surface area contributed by atoms with Gasteiger partial charge < -0.3 is 14.3 Å². The van der Waals surface area contributed by atoms with Crippen LogP contribution in [0.1, 0.15) is 42.3 Å². The molecule has 0 saturated carbocycles. The third-order valence-corrected chi connectivity index (χ3v) is 5.82. The Morgan fingerprint density at radius 1 is 1.10 bits per heavy atom. The van der Waals surface area contributed by atoms with Crippen LogP contribution in [0.25, 0.3) is 0 Å². The van der Waals surface area contributed by atoms with Crippen LogP contribution in [0.5, 0.6) is 0 Å². The minimum Gasteiger partial charge on any atom is -0.343 e. The molecule has 0 bridgehead atoms. The zero-order valence-corrected chi connectivity index (χ0v) is 19.1. The van der Waals surface area contributed by atoms with Gasteiger partial charge in [0.25, 0.3) is 5.91 Å². The number of benzene rings is 1. The lowest BCUT2D eigenvalue weighted by Gasteiger charge is -2.34. The number of nitrogens with zero attached hydrogens (tertiary/aromatic N) is 5. The second-order valence-corrected chi connectivity index (χ2v) is 8.16. The van der Waals surface area contributed by atoms with Gasteiger partial charge in [-0.15, -0.1) is 0 Å². The number of aryl methyl sites for hydroxylation is 1. The van der Waals surface area contributed by atoms with Gasteiger partial charge >= 0.3 is 0 Å². The number of rotatable bonds is 8. The monoisotopic (exact) mass is 477 g/mol. The number of aromatic nitrogens is 2. The molecule has 0 unspecified atom stereocenters. The fourth-order valence-electron chi connectivity index (χ4n) is 3.49. The SMILES string of the molecule is CCN(CC)C(=O)CCc1nc(CN2CCN(C(=O)c3ccc(Br)cc3)CC2)no1. The Kier molecular flexibility index (Phi) is 7.98. The number of piperazine rings is 1. The van der Waals surface area contributed by atoms with Gasteiger partial charge in [0, 0.05) is 62.1 Å². The van der Waals surface area contributed by atoms with Crippen molar-refractivity contribution in [2.75, 3.05) is 39.3 Å². The van der Waals surface area contributed by atoms with Crippen LogP contribution in [0.15, 0.2) is 33.3 Å². The fraction of sp³-hybridized carbons (Fsp3) is 0.524. The van der Waals surface area contributed by atoms with Gasteiger partial charge in [-0.25, -0.2) is 0 Å². The van der Waals surface area contributed by atoms with E-state index in [-0.39, 0.29) is 11.8 Å².